The zero-order valence-electron chi connectivity index (χ0n) is 14.9. The van der Waals surface area contributed by atoms with Gasteiger partial charge in [0, 0.05) is 35.8 Å². The lowest BCUT2D eigenvalue weighted by atomic mass is 10.0. The second-order valence-corrected chi connectivity index (χ2v) is 7.24. The molecule has 1 aliphatic rings. The molecule has 5 nitrogen and oxygen atoms in total. The van der Waals surface area contributed by atoms with Crippen LogP contribution in [0.25, 0.3) is 27.7 Å². The number of aryl methyl sites for hydroxylation is 1. The molecular weight excluding hydrogens is 348 g/mol. The number of rotatable bonds is 2. The van der Waals surface area contributed by atoms with E-state index < -0.39 is 11.6 Å². The fourth-order valence-electron chi connectivity index (χ4n) is 3.73. The highest BCUT2D eigenvalue weighted by atomic mass is 19.1. The highest BCUT2D eigenvalue weighted by Crippen LogP contribution is 2.33. The lowest BCUT2D eigenvalue weighted by molar-refractivity contribution is 0.446. The Morgan fingerprint density at radius 2 is 1.89 bits per heavy atom. The highest BCUT2D eigenvalue weighted by Gasteiger charge is 2.24. The molecule has 1 aromatic carbocycles. The molecule has 27 heavy (non-hydrogen) atoms. The summed E-state index contributed by atoms with van der Waals surface area (Å²) in [5.41, 5.74) is 3.85. The van der Waals surface area contributed by atoms with E-state index in [2.05, 4.69) is 26.9 Å². The van der Waals surface area contributed by atoms with Crippen molar-refractivity contribution in [1.29, 1.82) is 0 Å². The van der Waals surface area contributed by atoms with E-state index in [9.17, 15) is 8.78 Å². The van der Waals surface area contributed by atoms with Crippen LogP contribution in [0, 0.1) is 24.5 Å². The summed E-state index contributed by atoms with van der Waals surface area (Å²) in [6.07, 6.45) is 5.45. The van der Waals surface area contributed by atoms with Crippen LogP contribution in [-0.2, 0) is 0 Å². The summed E-state index contributed by atoms with van der Waals surface area (Å²) in [7, 11) is 0. The average molecular weight is 365 g/mol. The molecule has 0 saturated carbocycles. The van der Waals surface area contributed by atoms with Crippen molar-refractivity contribution < 1.29 is 8.78 Å². The Kier molecular flexibility index (Phi) is 3.40. The molecule has 1 fully saturated rings. The van der Waals surface area contributed by atoms with E-state index in [0.717, 1.165) is 30.4 Å². The van der Waals surface area contributed by atoms with Crippen molar-refractivity contribution in [1.82, 2.24) is 19.6 Å². The molecule has 0 unspecified atom stereocenters. The minimum Gasteiger partial charge on any atom is -0.368 e. The molecule has 5 rings (SSSR count). The van der Waals surface area contributed by atoms with Gasteiger partial charge in [0.1, 0.15) is 11.3 Å². The van der Waals surface area contributed by atoms with E-state index in [1.165, 1.54) is 6.07 Å². The molecule has 7 heteroatoms. The van der Waals surface area contributed by atoms with Gasteiger partial charge in [-0.3, -0.25) is 0 Å². The van der Waals surface area contributed by atoms with Gasteiger partial charge in [0.25, 0.3) is 0 Å². The van der Waals surface area contributed by atoms with Crippen LogP contribution in [0.3, 0.4) is 0 Å². The Balaban J connectivity index is 1.70. The Morgan fingerprint density at radius 3 is 2.67 bits per heavy atom. The highest BCUT2D eigenvalue weighted by molar-refractivity contribution is 5.98. The maximum Gasteiger partial charge on any atom is 0.162 e. The van der Waals surface area contributed by atoms with Gasteiger partial charge in [-0.25, -0.2) is 23.3 Å². The van der Waals surface area contributed by atoms with Gasteiger partial charge in [-0.2, -0.15) is 5.10 Å². The van der Waals surface area contributed by atoms with Crippen LogP contribution in [0.2, 0.25) is 0 Å². The number of fused-ring (bicyclic) bond motifs is 2. The summed E-state index contributed by atoms with van der Waals surface area (Å²) in [4.78, 5) is 11.1. The minimum absolute atomic E-state index is 0.150. The molecule has 0 bridgehead atoms. The van der Waals surface area contributed by atoms with Crippen molar-refractivity contribution in [3.8, 4) is 11.1 Å². The zero-order valence-corrected chi connectivity index (χ0v) is 14.9. The number of hydrogen-bond acceptors (Lipinski definition) is 4. The fourth-order valence-corrected chi connectivity index (χ4v) is 3.73. The number of benzene rings is 1. The van der Waals surface area contributed by atoms with Crippen molar-refractivity contribution >= 4 is 22.2 Å². The molecule has 4 aromatic rings. The molecule has 1 aliphatic heterocycles. The largest absolute Gasteiger partial charge is 0.368 e. The Labute approximate surface area is 154 Å². The van der Waals surface area contributed by atoms with Gasteiger partial charge in [-0.05, 0) is 30.5 Å². The molecule has 0 N–H and O–H groups in total. The summed E-state index contributed by atoms with van der Waals surface area (Å²) < 4.78 is 29.8. The Hall–Kier alpha value is -3.09. The van der Waals surface area contributed by atoms with Crippen LogP contribution in [0.5, 0.6) is 0 Å². The Bertz CT molecular complexity index is 1190. The van der Waals surface area contributed by atoms with Gasteiger partial charge >= 0.3 is 0 Å². The summed E-state index contributed by atoms with van der Waals surface area (Å²) in [6, 6.07) is 3.97. The monoisotopic (exact) mass is 365 g/mol. The fraction of sp³-hybridized carbons (Fsp3) is 0.250. The standard InChI is InChI=1S/C20H17F2N5/c1-11-8-26(9-11)14-6-23-20-17(7-24-27(20)10-14)15-3-12(2)25-19-16(15)4-13(21)5-18(19)22/h3-7,10-11H,8-9H2,1-2H3. The molecule has 136 valence electrons. The van der Waals surface area contributed by atoms with Gasteiger partial charge in [0.15, 0.2) is 11.5 Å². The maximum atomic E-state index is 14.2. The second kappa shape index (κ2) is 5.70. The van der Waals surface area contributed by atoms with Gasteiger partial charge < -0.3 is 4.90 Å². The molecular formula is C20H17F2N5. The molecule has 1 saturated heterocycles. The first-order valence-electron chi connectivity index (χ1n) is 8.84. The van der Waals surface area contributed by atoms with Crippen LogP contribution >= 0.6 is 0 Å². The van der Waals surface area contributed by atoms with Crippen molar-refractivity contribution in [3.05, 3.63) is 54.1 Å². The van der Waals surface area contributed by atoms with E-state index in [1.54, 1.807) is 17.6 Å². The first-order chi connectivity index (χ1) is 13.0. The van der Waals surface area contributed by atoms with Crippen molar-refractivity contribution in [2.45, 2.75) is 13.8 Å². The molecule has 0 aliphatic carbocycles. The third-order valence-corrected chi connectivity index (χ3v) is 5.02. The molecule has 4 heterocycles. The predicted molar refractivity (Wildman–Crippen MR) is 99.8 cm³/mol. The lowest BCUT2D eigenvalue weighted by Gasteiger charge is -2.38. The van der Waals surface area contributed by atoms with Crippen molar-refractivity contribution in [2.24, 2.45) is 5.92 Å². The summed E-state index contributed by atoms with van der Waals surface area (Å²) >= 11 is 0. The molecule has 0 atom stereocenters. The second-order valence-electron chi connectivity index (χ2n) is 7.24. The van der Waals surface area contributed by atoms with E-state index >= 15 is 0 Å². The topological polar surface area (TPSA) is 46.3 Å². The van der Waals surface area contributed by atoms with Crippen LogP contribution in [0.1, 0.15) is 12.6 Å². The van der Waals surface area contributed by atoms with Gasteiger partial charge in [0.2, 0.25) is 0 Å². The molecule has 0 spiro atoms. The summed E-state index contributed by atoms with van der Waals surface area (Å²) in [5, 5.41) is 4.83. The van der Waals surface area contributed by atoms with Gasteiger partial charge in [-0.15, -0.1) is 0 Å². The van der Waals surface area contributed by atoms with Crippen LogP contribution in [0.15, 0.2) is 36.8 Å². The van der Waals surface area contributed by atoms with Crippen LogP contribution in [0.4, 0.5) is 14.5 Å². The summed E-state index contributed by atoms with van der Waals surface area (Å²) in [6.45, 7) is 6.01. The van der Waals surface area contributed by atoms with Crippen LogP contribution in [-0.4, -0.2) is 32.7 Å². The number of halogens is 2. The minimum atomic E-state index is -0.673. The Morgan fingerprint density at radius 1 is 1.07 bits per heavy atom. The molecule has 3 aromatic heterocycles. The van der Waals surface area contributed by atoms with Crippen molar-refractivity contribution in [3.63, 3.8) is 0 Å². The molecule has 0 amide bonds. The van der Waals surface area contributed by atoms with Gasteiger partial charge in [-0.1, -0.05) is 6.92 Å². The van der Waals surface area contributed by atoms with E-state index in [1.807, 2.05) is 18.5 Å². The zero-order chi connectivity index (χ0) is 18.7. The predicted octanol–water partition coefficient (Wildman–Crippen LogP) is 3.99. The maximum absolute atomic E-state index is 14.2. The van der Waals surface area contributed by atoms with E-state index in [0.29, 0.717) is 28.2 Å². The van der Waals surface area contributed by atoms with Crippen LogP contribution < -0.4 is 4.90 Å². The number of nitrogens with zero attached hydrogens (tertiary/aromatic N) is 5. The summed E-state index contributed by atoms with van der Waals surface area (Å²) in [5.74, 6) is -0.621. The lowest BCUT2D eigenvalue weighted by Crippen LogP contribution is -2.45. The number of hydrogen-bond donors (Lipinski definition) is 0. The third-order valence-electron chi connectivity index (χ3n) is 5.02. The normalized spacial score (nSPS) is 14.9. The number of anilines is 1. The van der Waals surface area contributed by atoms with Crippen molar-refractivity contribution in [2.75, 3.05) is 18.0 Å². The smallest absolute Gasteiger partial charge is 0.162 e. The molecule has 0 radical (unpaired) electrons. The first kappa shape index (κ1) is 16.1. The van der Waals surface area contributed by atoms with Gasteiger partial charge in [0.05, 0.1) is 24.3 Å². The quantitative estimate of drug-likeness (QED) is 0.539. The van der Waals surface area contributed by atoms with E-state index in [4.69, 9.17) is 0 Å². The average Bonchev–Trinajstić information content (AvgIpc) is 3.02. The number of pyridine rings is 1. The third kappa shape index (κ3) is 2.53. The first-order valence-corrected chi connectivity index (χ1v) is 8.84. The van der Waals surface area contributed by atoms with E-state index in [-0.39, 0.29) is 5.52 Å². The number of aromatic nitrogens is 4. The SMILES string of the molecule is Cc1cc(-c2cnn3cc(N4CC(C)C4)cnc23)c2cc(F)cc(F)c2n1.